The number of aromatic nitrogens is 1. The van der Waals surface area contributed by atoms with Crippen molar-refractivity contribution in [3.8, 4) is 10.6 Å². The zero-order valence-electron chi connectivity index (χ0n) is 9.92. The molecular formula is C12H13N3O2S. The fourth-order valence-corrected chi connectivity index (χ4v) is 2.72. The second kappa shape index (κ2) is 5.24. The molecular weight excluding hydrogens is 250 g/mol. The summed E-state index contributed by atoms with van der Waals surface area (Å²) in [7, 11) is 0. The van der Waals surface area contributed by atoms with Gasteiger partial charge in [-0.15, -0.1) is 11.3 Å². The van der Waals surface area contributed by atoms with Crippen molar-refractivity contribution in [3.63, 3.8) is 0 Å². The average Bonchev–Trinajstić information content (AvgIpc) is 2.72. The van der Waals surface area contributed by atoms with Crippen LogP contribution in [0.4, 0.5) is 5.69 Å². The average molecular weight is 263 g/mol. The van der Waals surface area contributed by atoms with Crippen LogP contribution < -0.4 is 5.73 Å². The molecule has 1 aromatic heterocycles. The van der Waals surface area contributed by atoms with Gasteiger partial charge >= 0.3 is 0 Å². The van der Waals surface area contributed by atoms with Crippen LogP contribution in [0.3, 0.4) is 0 Å². The van der Waals surface area contributed by atoms with Crippen LogP contribution in [0.5, 0.6) is 0 Å². The van der Waals surface area contributed by atoms with E-state index < -0.39 is 4.92 Å². The van der Waals surface area contributed by atoms with Gasteiger partial charge in [-0.05, 0) is 32.0 Å². The molecule has 0 saturated heterocycles. The number of aryl methyl sites for hydroxylation is 1. The lowest BCUT2D eigenvalue weighted by Gasteiger charge is -1.95. The molecule has 0 atom stereocenters. The Morgan fingerprint density at radius 2 is 2.06 bits per heavy atom. The summed E-state index contributed by atoms with van der Waals surface area (Å²) in [5.41, 5.74) is 7.51. The van der Waals surface area contributed by atoms with Crippen molar-refractivity contribution in [3.05, 3.63) is 45.0 Å². The molecule has 0 saturated carbocycles. The van der Waals surface area contributed by atoms with Crippen LogP contribution in [-0.4, -0.2) is 16.5 Å². The second-order valence-electron chi connectivity index (χ2n) is 3.87. The Balaban J connectivity index is 2.31. The summed E-state index contributed by atoms with van der Waals surface area (Å²) in [4.78, 5) is 15.8. The molecule has 0 bridgehead atoms. The third kappa shape index (κ3) is 2.55. The Bertz CT molecular complexity index is 563. The maximum atomic E-state index is 10.6. The molecule has 1 aromatic carbocycles. The van der Waals surface area contributed by atoms with E-state index in [0.717, 1.165) is 22.7 Å². The highest BCUT2D eigenvalue weighted by atomic mass is 32.1. The third-order valence-electron chi connectivity index (χ3n) is 2.59. The van der Waals surface area contributed by atoms with Crippen LogP contribution >= 0.6 is 11.3 Å². The maximum Gasteiger partial charge on any atom is 0.269 e. The Hall–Kier alpha value is -1.79. The Morgan fingerprint density at radius 1 is 1.39 bits per heavy atom. The number of hydrogen-bond donors (Lipinski definition) is 1. The number of nitrogens with zero attached hydrogens (tertiary/aromatic N) is 2. The van der Waals surface area contributed by atoms with E-state index in [-0.39, 0.29) is 5.69 Å². The molecule has 5 nitrogen and oxygen atoms in total. The number of thiazole rings is 1. The molecule has 6 heteroatoms. The third-order valence-corrected chi connectivity index (χ3v) is 3.86. The first-order chi connectivity index (χ1) is 8.61. The van der Waals surface area contributed by atoms with Crippen LogP contribution in [0, 0.1) is 17.0 Å². The predicted octanol–water partition coefficient (Wildman–Crippen LogP) is 2.53. The van der Waals surface area contributed by atoms with E-state index in [0.29, 0.717) is 6.54 Å². The molecule has 2 N–H and O–H groups in total. The predicted molar refractivity (Wildman–Crippen MR) is 71.7 cm³/mol. The van der Waals surface area contributed by atoms with Crippen LogP contribution in [-0.2, 0) is 6.42 Å². The van der Waals surface area contributed by atoms with E-state index in [2.05, 4.69) is 4.98 Å². The van der Waals surface area contributed by atoms with Gasteiger partial charge < -0.3 is 5.73 Å². The molecule has 2 rings (SSSR count). The summed E-state index contributed by atoms with van der Waals surface area (Å²) >= 11 is 1.59. The molecule has 0 aliphatic carbocycles. The summed E-state index contributed by atoms with van der Waals surface area (Å²) in [5, 5.41) is 11.5. The van der Waals surface area contributed by atoms with Gasteiger partial charge in [-0.3, -0.25) is 10.1 Å². The zero-order chi connectivity index (χ0) is 13.1. The number of rotatable bonds is 4. The summed E-state index contributed by atoms with van der Waals surface area (Å²) in [6.07, 6.45) is 0.816. The first-order valence-electron chi connectivity index (χ1n) is 5.53. The van der Waals surface area contributed by atoms with Crippen molar-refractivity contribution in [2.24, 2.45) is 5.73 Å². The molecule has 0 amide bonds. The first-order valence-corrected chi connectivity index (χ1v) is 6.34. The van der Waals surface area contributed by atoms with Gasteiger partial charge in [-0.1, -0.05) is 0 Å². The summed E-state index contributed by atoms with van der Waals surface area (Å²) in [5.74, 6) is 0. The lowest BCUT2D eigenvalue weighted by atomic mass is 10.2. The number of benzene rings is 1. The quantitative estimate of drug-likeness (QED) is 0.678. The highest BCUT2D eigenvalue weighted by molar-refractivity contribution is 7.15. The van der Waals surface area contributed by atoms with E-state index >= 15 is 0 Å². The Labute approximate surface area is 108 Å². The lowest BCUT2D eigenvalue weighted by Crippen LogP contribution is -2.01. The molecule has 0 unspecified atom stereocenters. The van der Waals surface area contributed by atoms with Gasteiger partial charge in [0.05, 0.1) is 10.6 Å². The van der Waals surface area contributed by atoms with Gasteiger partial charge in [-0.2, -0.15) is 0 Å². The van der Waals surface area contributed by atoms with Crippen molar-refractivity contribution in [1.82, 2.24) is 4.98 Å². The Morgan fingerprint density at radius 3 is 2.61 bits per heavy atom. The van der Waals surface area contributed by atoms with Gasteiger partial charge in [0.2, 0.25) is 0 Å². The van der Waals surface area contributed by atoms with Gasteiger partial charge in [0.1, 0.15) is 5.01 Å². The summed E-state index contributed by atoms with van der Waals surface area (Å²) in [6, 6.07) is 6.44. The minimum atomic E-state index is -0.406. The molecule has 0 aliphatic rings. The van der Waals surface area contributed by atoms with Gasteiger partial charge in [0.25, 0.3) is 5.69 Å². The highest BCUT2D eigenvalue weighted by Crippen LogP contribution is 2.29. The van der Waals surface area contributed by atoms with Crippen molar-refractivity contribution >= 4 is 17.0 Å². The summed E-state index contributed by atoms with van der Waals surface area (Å²) in [6.45, 7) is 2.55. The van der Waals surface area contributed by atoms with Crippen LogP contribution in [0.15, 0.2) is 24.3 Å². The van der Waals surface area contributed by atoms with E-state index in [1.807, 2.05) is 6.92 Å². The molecule has 0 spiro atoms. The van der Waals surface area contributed by atoms with Gasteiger partial charge in [0, 0.05) is 22.6 Å². The van der Waals surface area contributed by atoms with Crippen LogP contribution in [0.25, 0.3) is 10.6 Å². The topological polar surface area (TPSA) is 82.0 Å². The smallest absolute Gasteiger partial charge is 0.269 e. The molecule has 1 heterocycles. The normalized spacial score (nSPS) is 10.6. The minimum absolute atomic E-state index is 0.0919. The van der Waals surface area contributed by atoms with E-state index in [1.165, 1.54) is 17.0 Å². The fraction of sp³-hybridized carbons (Fsp3) is 0.250. The first kappa shape index (κ1) is 12.7. The van der Waals surface area contributed by atoms with Gasteiger partial charge in [-0.25, -0.2) is 4.98 Å². The van der Waals surface area contributed by atoms with E-state index in [9.17, 15) is 10.1 Å². The van der Waals surface area contributed by atoms with Crippen molar-refractivity contribution in [2.45, 2.75) is 13.3 Å². The van der Waals surface area contributed by atoms with Crippen molar-refractivity contribution in [1.29, 1.82) is 0 Å². The molecule has 0 radical (unpaired) electrons. The van der Waals surface area contributed by atoms with E-state index in [1.54, 1.807) is 23.5 Å². The summed E-state index contributed by atoms with van der Waals surface area (Å²) < 4.78 is 0. The zero-order valence-corrected chi connectivity index (χ0v) is 10.7. The second-order valence-corrected chi connectivity index (χ2v) is 4.95. The largest absolute Gasteiger partial charge is 0.330 e. The molecule has 0 fully saturated rings. The number of hydrogen-bond acceptors (Lipinski definition) is 5. The number of nitro groups is 1. The number of nitrogens with two attached hydrogens (primary N) is 1. The number of nitro benzene ring substituents is 1. The SMILES string of the molecule is Cc1nc(-c2ccc([N+](=O)[O-])cc2)sc1CCN. The molecule has 18 heavy (non-hydrogen) atoms. The van der Waals surface area contributed by atoms with E-state index in [4.69, 9.17) is 5.73 Å². The van der Waals surface area contributed by atoms with Crippen molar-refractivity contribution in [2.75, 3.05) is 6.54 Å². The Kier molecular flexibility index (Phi) is 3.69. The van der Waals surface area contributed by atoms with Crippen LogP contribution in [0.2, 0.25) is 0 Å². The number of non-ortho nitro benzene ring substituents is 1. The fourth-order valence-electron chi connectivity index (χ4n) is 1.64. The molecule has 2 aromatic rings. The lowest BCUT2D eigenvalue weighted by molar-refractivity contribution is -0.384. The highest BCUT2D eigenvalue weighted by Gasteiger charge is 2.10. The maximum absolute atomic E-state index is 10.6. The molecule has 0 aliphatic heterocycles. The standard InChI is InChI=1S/C12H13N3O2S/c1-8-11(6-7-13)18-12(14-8)9-2-4-10(5-3-9)15(16)17/h2-5H,6-7,13H2,1H3. The van der Waals surface area contributed by atoms with Gasteiger partial charge in [0.15, 0.2) is 0 Å². The van der Waals surface area contributed by atoms with Crippen LogP contribution in [0.1, 0.15) is 10.6 Å². The van der Waals surface area contributed by atoms with Crippen molar-refractivity contribution < 1.29 is 4.92 Å². The monoisotopic (exact) mass is 263 g/mol. The minimum Gasteiger partial charge on any atom is -0.330 e. The molecule has 94 valence electrons.